The Kier molecular flexibility index (Phi) is 5.36. The second-order valence-electron chi connectivity index (χ2n) is 7.35. The maximum atomic E-state index is 5.57. The van der Waals surface area contributed by atoms with E-state index < -0.39 is 0 Å². The van der Waals surface area contributed by atoms with E-state index in [1.807, 2.05) is 30.3 Å². The molecule has 30 heavy (non-hydrogen) atoms. The van der Waals surface area contributed by atoms with Crippen molar-refractivity contribution >= 4 is 11.0 Å². The van der Waals surface area contributed by atoms with Gasteiger partial charge in [-0.05, 0) is 49.2 Å². The van der Waals surface area contributed by atoms with Crippen molar-refractivity contribution in [3.05, 3.63) is 71.3 Å². The number of rotatable bonds is 6. The zero-order valence-electron chi connectivity index (χ0n) is 18.0. The fourth-order valence-electron chi connectivity index (χ4n) is 3.81. The van der Waals surface area contributed by atoms with Crippen molar-refractivity contribution in [3.63, 3.8) is 0 Å². The zero-order valence-corrected chi connectivity index (χ0v) is 18.0. The molecule has 0 aliphatic heterocycles. The number of benzene rings is 3. The summed E-state index contributed by atoms with van der Waals surface area (Å²) in [6.45, 7) is 4.99. The number of imidazole rings is 1. The van der Waals surface area contributed by atoms with Crippen LogP contribution in [0.3, 0.4) is 0 Å². The average molecular weight is 402 g/mol. The van der Waals surface area contributed by atoms with E-state index in [-0.39, 0.29) is 0 Å². The molecule has 0 unspecified atom stereocenters. The molecule has 4 aromatic rings. The molecule has 1 aromatic heterocycles. The second-order valence-corrected chi connectivity index (χ2v) is 7.35. The fourth-order valence-corrected chi connectivity index (χ4v) is 3.81. The molecule has 3 aromatic carbocycles. The van der Waals surface area contributed by atoms with Crippen molar-refractivity contribution in [1.29, 1.82) is 0 Å². The second kappa shape index (κ2) is 8.11. The van der Waals surface area contributed by atoms with Crippen molar-refractivity contribution < 1.29 is 14.2 Å². The molecular formula is C25H26N2O3. The van der Waals surface area contributed by atoms with Crippen molar-refractivity contribution in [1.82, 2.24) is 9.55 Å². The molecule has 0 radical (unpaired) electrons. The van der Waals surface area contributed by atoms with Crippen LogP contribution in [-0.2, 0) is 6.54 Å². The number of hydrogen-bond acceptors (Lipinski definition) is 4. The van der Waals surface area contributed by atoms with Gasteiger partial charge in [-0.15, -0.1) is 0 Å². The minimum Gasteiger partial charge on any atom is -0.493 e. The predicted octanol–water partition coefficient (Wildman–Crippen LogP) is 5.39. The SMILES string of the molecule is COc1cc(-c2nc3ccccc3n2Cc2cc(C)ccc2C)cc(OC)c1OC. The number of para-hydroxylation sites is 2. The highest BCUT2D eigenvalue weighted by Gasteiger charge is 2.19. The number of aryl methyl sites for hydroxylation is 2. The summed E-state index contributed by atoms with van der Waals surface area (Å²) in [7, 11) is 4.86. The minimum atomic E-state index is 0.570. The fraction of sp³-hybridized carbons (Fsp3) is 0.240. The molecule has 4 rings (SSSR count). The molecular weight excluding hydrogens is 376 g/mol. The summed E-state index contributed by atoms with van der Waals surface area (Å²) in [6.07, 6.45) is 0. The molecule has 0 aliphatic rings. The number of nitrogens with zero attached hydrogens (tertiary/aromatic N) is 2. The van der Waals surface area contributed by atoms with Crippen LogP contribution in [0.15, 0.2) is 54.6 Å². The lowest BCUT2D eigenvalue weighted by Crippen LogP contribution is -2.05. The third-order valence-corrected chi connectivity index (χ3v) is 5.41. The highest BCUT2D eigenvalue weighted by Crippen LogP contribution is 2.41. The third kappa shape index (κ3) is 3.47. The van der Waals surface area contributed by atoms with E-state index in [0.717, 1.165) is 29.0 Å². The third-order valence-electron chi connectivity index (χ3n) is 5.41. The summed E-state index contributed by atoms with van der Waals surface area (Å²) in [6, 6.07) is 18.6. The lowest BCUT2D eigenvalue weighted by Gasteiger charge is -2.16. The topological polar surface area (TPSA) is 45.5 Å². The van der Waals surface area contributed by atoms with Gasteiger partial charge in [0, 0.05) is 12.1 Å². The first-order valence-corrected chi connectivity index (χ1v) is 9.87. The smallest absolute Gasteiger partial charge is 0.203 e. The van der Waals surface area contributed by atoms with Crippen LogP contribution >= 0.6 is 0 Å². The largest absolute Gasteiger partial charge is 0.493 e. The highest BCUT2D eigenvalue weighted by atomic mass is 16.5. The van der Waals surface area contributed by atoms with Crippen molar-refractivity contribution in [3.8, 4) is 28.6 Å². The maximum absolute atomic E-state index is 5.57. The van der Waals surface area contributed by atoms with Gasteiger partial charge in [0.2, 0.25) is 5.75 Å². The molecule has 0 saturated heterocycles. The van der Waals surface area contributed by atoms with E-state index in [9.17, 15) is 0 Å². The van der Waals surface area contributed by atoms with E-state index in [2.05, 4.69) is 42.7 Å². The lowest BCUT2D eigenvalue weighted by molar-refractivity contribution is 0.324. The van der Waals surface area contributed by atoms with Crippen LogP contribution < -0.4 is 14.2 Å². The van der Waals surface area contributed by atoms with Gasteiger partial charge >= 0.3 is 0 Å². The first kappa shape index (κ1) is 19.8. The van der Waals surface area contributed by atoms with Crippen LogP contribution in [-0.4, -0.2) is 30.9 Å². The molecule has 1 heterocycles. The van der Waals surface area contributed by atoms with Gasteiger partial charge in [0.25, 0.3) is 0 Å². The summed E-state index contributed by atoms with van der Waals surface area (Å²) < 4.78 is 18.9. The van der Waals surface area contributed by atoms with Crippen LogP contribution in [0.25, 0.3) is 22.4 Å². The molecule has 0 amide bonds. The van der Waals surface area contributed by atoms with Crippen LogP contribution in [0.4, 0.5) is 0 Å². The zero-order chi connectivity index (χ0) is 21.3. The molecule has 0 bridgehead atoms. The summed E-state index contributed by atoms with van der Waals surface area (Å²) in [5.74, 6) is 2.65. The first-order chi connectivity index (χ1) is 14.5. The van der Waals surface area contributed by atoms with Crippen molar-refractivity contribution in [2.45, 2.75) is 20.4 Å². The van der Waals surface area contributed by atoms with Crippen LogP contribution in [0.1, 0.15) is 16.7 Å². The van der Waals surface area contributed by atoms with Gasteiger partial charge in [0.15, 0.2) is 11.5 Å². The van der Waals surface area contributed by atoms with Crippen molar-refractivity contribution in [2.75, 3.05) is 21.3 Å². The quantitative estimate of drug-likeness (QED) is 0.434. The Morgan fingerprint density at radius 1 is 0.833 bits per heavy atom. The Morgan fingerprint density at radius 3 is 2.20 bits per heavy atom. The molecule has 5 heteroatoms. The number of methoxy groups -OCH3 is 3. The van der Waals surface area contributed by atoms with Gasteiger partial charge < -0.3 is 18.8 Å². The van der Waals surface area contributed by atoms with E-state index in [1.54, 1.807) is 21.3 Å². The molecule has 0 N–H and O–H groups in total. The number of aromatic nitrogens is 2. The van der Waals surface area contributed by atoms with Gasteiger partial charge in [0.1, 0.15) is 5.82 Å². The molecule has 5 nitrogen and oxygen atoms in total. The van der Waals surface area contributed by atoms with Gasteiger partial charge in [-0.25, -0.2) is 4.98 Å². The van der Waals surface area contributed by atoms with Gasteiger partial charge in [0.05, 0.1) is 32.4 Å². The summed E-state index contributed by atoms with van der Waals surface area (Å²) >= 11 is 0. The molecule has 0 atom stereocenters. The first-order valence-electron chi connectivity index (χ1n) is 9.87. The molecule has 0 aliphatic carbocycles. The Hall–Kier alpha value is -3.47. The summed E-state index contributed by atoms with van der Waals surface area (Å²) in [5.41, 5.74) is 6.72. The molecule has 0 spiro atoms. The van der Waals surface area contributed by atoms with Crippen LogP contribution in [0.2, 0.25) is 0 Å². The highest BCUT2D eigenvalue weighted by molar-refractivity contribution is 5.82. The maximum Gasteiger partial charge on any atom is 0.203 e. The van der Waals surface area contributed by atoms with E-state index in [0.29, 0.717) is 17.2 Å². The normalized spacial score (nSPS) is 11.0. The summed E-state index contributed by atoms with van der Waals surface area (Å²) in [5, 5.41) is 0. The van der Waals surface area contributed by atoms with Gasteiger partial charge in [-0.2, -0.15) is 0 Å². The lowest BCUT2D eigenvalue weighted by atomic mass is 10.1. The van der Waals surface area contributed by atoms with Crippen molar-refractivity contribution in [2.24, 2.45) is 0 Å². The van der Waals surface area contributed by atoms with Crippen LogP contribution in [0.5, 0.6) is 17.2 Å². The summed E-state index contributed by atoms with van der Waals surface area (Å²) in [4.78, 5) is 4.95. The number of ether oxygens (including phenoxy) is 3. The number of hydrogen-bond donors (Lipinski definition) is 0. The Labute approximate surface area is 176 Å². The monoisotopic (exact) mass is 402 g/mol. The molecule has 0 fully saturated rings. The average Bonchev–Trinajstić information content (AvgIpc) is 3.13. The predicted molar refractivity (Wildman–Crippen MR) is 120 cm³/mol. The Balaban J connectivity index is 1.94. The van der Waals surface area contributed by atoms with E-state index in [1.165, 1.54) is 16.7 Å². The standard InChI is InChI=1S/C25H26N2O3/c1-16-10-11-17(2)19(12-16)15-27-21-9-7-6-8-20(21)26-25(27)18-13-22(28-3)24(30-5)23(14-18)29-4/h6-14H,15H2,1-5H3. The minimum absolute atomic E-state index is 0.570. The van der Waals surface area contributed by atoms with E-state index >= 15 is 0 Å². The Bertz CT molecular complexity index is 1190. The van der Waals surface area contributed by atoms with Gasteiger partial charge in [-0.1, -0.05) is 35.9 Å². The van der Waals surface area contributed by atoms with Crippen LogP contribution in [0, 0.1) is 13.8 Å². The molecule has 154 valence electrons. The molecule has 0 saturated carbocycles. The van der Waals surface area contributed by atoms with Gasteiger partial charge in [-0.3, -0.25) is 0 Å². The van der Waals surface area contributed by atoms with E-state index in [4.69, 9.17) is 19.2 Å². The Morgan fingerprint density at radius 2 is 1.53 bits per heavy atom. The number of fused-ring (bicyclic) bond motifs is 1.